The third-order valence-electron chi connectivity index (χ3n) is 3.57. The summed E-state index contributed by atoms with van der Waals surface area (Å²) in [6, 6.07) is 6.23. The molecule has 0 bridgehead atoms. The molecule has 2 atom stereocenters. The highest BCUT2D eigenvalue weighted by Crippen LogP contribution is 2.35. The number of hydrogen-bond acceptors (Lipinski definition) is 2. The molecule has 1 fully saturated rings. The van der Waals surface area contributed by atoms with Crippen LogP contribution in [0.1, 0.15) is 49.1 Å². The van der Waals surface area contributed by atoms with Gasteiger partial charge in [-0.3, -0.25) is 0 Å². The van der Waals surface area contributed by atoms with Gasteiger partial charge in [0.1, 0.15) is 5.75 Å². The molecule has 1 saturated heterocycles. The fourth-order valence-corrected chi connectivity index (χ4v) is 2.86. The number of rotatable bonds is 6. The molecule has 0 N–H and O–H groups in total. The van der Waals surface area contributed by atoms with E-state index in [0.29, 0.717) is 12.7 Å². The van der Waals surface area contributed by atoms with E-state index in [1.165, 1.54) is 18.4 Å². The van der Waals surface area contributed by atoms with Crippen LogP contribution in [0.3, 0.4) is 0 Å². The van der Waals surface area contributed by atoms with Crippen molar-refractivity contribution < 1.29 is 9.47 Å². The van der Waals surface area contributed by atoms with Crippen molar-refractivity contribution in [3.8, 4) is 5.75 Å². The minimum atomic E-state index is 0.00523. The van der Waals surface area contributed by atoms with Gasteiger partial charge in [-0.05, 0) is 45.6 Å². The molecule has 0 saturated carbocycles. The van der Waals surface area contributed by atoms with Crippen LogP contribution in [0.2, 0.25) is 0 Å². The normalized spacial score (nSPS) is 20.5. The van der Waals surface area contributed by atoms with Crippen LogP contribution in [-0.4, -0.2) is 19.3 Å². The molecule has 0 aliphatic carbocycles. The Morgan fingerprint density at radius 3 is 3.00 bits per heavy atom. The number of benzene rings is 1. The number of alkyl halides is 1. The molecule has 106 valence electrons. The average Bonchev–Trinajstić information content (AvgIpc) is 2.91. The van der Waals surface area contributed by atoms with E-state index in [4.69, 9.17) is 21.1 Å². The number of aryl methyl sites for hydroxylation is 1. The van der Waals surface area contributed by atoms with E-state index in [0.717, 1.165) is 30.8 Å². The molecule has 1 aromatic rings. The average molecular weight is 283 g/mol. The lowest BCUT2D eigenvalue weighted by molar-refractivity contribution is 0.102. The third kappa shape index (κ3) is 4.12. The Bertz CT molecular complexity index is 400. The van der Waals surface area contributed by atoms with Gasteiger partial charge in [0.05, 0.1) is 18.1 Å². The molecule has 1 aliphatic heterocycles. The summed E-state index contributed by atoms with van der Waals surface area (Å²) in [6.45, 7) is 5.67. The molecule has 1 heterocycles. The minimum Gasteiger partial charge on any atom is -0.494 e. The van der Waals surface area contributed by atoms with Crippen LogP contribution in [0.4, 0.5) is 0 Å². The summed E-state index contributed by atoms with van der Waals surface area (Å²) in [5.41, 5.74) is 2.34. The Kier molecular flexibility index (Phi) is 5.53. The fraction of sp³-hybridized carbons (Fsp3) is 0.625. The predicted octanol–water partition coefficient (Wildman–Crippen LogP) is 4.63. The Hall–Kier alpha value is -0.730. The highest BCUT2D eigenvalue weighted by Gasteiger charge is 2.19. The van der Waals surface area contributed by atoms with Gasteiger partial charge in [0.25, 0.3) is 0 Å². The van der Waals surface area contributed by atoms with Crippen LogP contribution in [0.25, 0.3) is 0 Å². The van der Waals surface area contributed by atoms with E-state index < -0.39 is 0 Å². The molecular weight excluding hydrogens is 260 g/mol. The van der Waals surface area contributed by atoms with Crippen molar-refractivity contribution in [2.45, 2.75) is 51.0 Å². The second-order valence-corrected chi connectivity index (χ2v) is 5.68. The topological polar surface area (TPSA) is 18.5 Å². The summed E-state index contributed by atoms with van der Waals surface area (Å²) in [5.74, 6) is 0.917. The highest BCUT2D eigenvalue weighted by molar-refractivity contribution is 6.21. The highest BCUT2D eigenvalue weighted by atomic mass is 35.5. The predicted molar refractivity (Wildman–Crippen MR) is 79.2 cm³/mol. The summed E-state index contributed by atoms with van der Waals surface area (Å²) < 4.78 is 11.3. The van der Waals surface area contributed by atoms with Crippen molar-refractivity contribution in [2.75, 3.05) is 13.2 Å². The van der Waals surface area contributed by atoms with Crippen LogP contribution in [0.5, 0.6) is 5.75 Å². The number of halogens is 1. The molecule has 19 heavy (non-hydrogen) atoms. The zero-order chi connectivity index (χ0) is 13.7. The molecule has 2 unspecified atom stereocenters. The minimum absolute atomic E-state index is 0.00523. The zero-order valence-corrected chi connectivity index (χ0v) is 12.6. The van der Waals surface area contributed by atoms with Crippen LogP contribution >= 0.6 is 11.6 Å². The van der Waals surface area contributed by atoms with Gasteiger partial charge in [0, 0.05) is 12.2 Å². The quantitative estimate of drug-likeness (QED) is 0.708. The fourth-order valence-electron chi connectivity index (χ4n) is 2.56. The molecule has 2 rings (SSSR count). The summed E-state index contributed by atoms with van der Waals surface area (Å²) in [4.78, 5) is 0. The SMILES string of the molecule is CCOc1ccc(C)cc1C(Cl)CCC1CCCO1. The Morgan fingerprint density at radius 1 is 1.47 bits per heavy atom. The molecular formula is C16H23ClO2. The first-order chi connectivity index (χ1) is 9.20. The molecule has 0 radical (unpaired) electrons. The standard InChI is InChI=1S/C16H23ClO2/c1-3-18-16-9-6-12(2)11-14(16)15(17)8-7-13-5-4-10-19-13/h6,9,11,13,15H,3-5,7-8,10H2,1-2H3. The Morgan fingerprint density at radius 2 is 2.32 bits per heavy atom. The summed E-state index contributed by atoms with van der Waals surface area (Å²) in [6.07, 6.45) is 4.74. The van der Waals surface area contributed by atoms with Crippen molar-refractivity contribution in [1.82, 2.24) is 0 Å². The molecule has 0 aromatic heterocycles. The number of ether oxygens (including phenoxy) is 2. The maximum absolute atomic E-state index is 6.56. The summed E-state index contributed by atoms with van der Waals surface area (Å²) in [7, 11) is 0. The van der Waals surface area contributed by atoms with Gasteiger partial charge in [-0.15, -0.1) is 11.6 Å². The van der Waals surface area contributed by atoms with Gasteiger partial charge in [0.2, 0.25) is 0 Å². The summed E-state index contributed by atoms with van der Waals surface area (Å²) in [5, 5.41) is 0.00523. The summed E-state index contributed by atoms with van der Waals surface area (Å²) >= 11 is 6.56. The smallest absolute Gasteiger partial charge is 0.123 e. The van der Waals surface area contributed by atoms with E-state index in [1.54, 1.807) is 0 Å². The van der Waals surface area contributed by atoms with Crippen molar-refractivity contribution in [3.63, 3.8) is 0 Å². The van der Waals surface area contributed by atoms with Gasteiger partial charge in [0.15, 0.2) is 0 Å². The van der Waals surface area contributed by atoms with Crippen LogP contribution < -0.4 is 4.74 Å². The lowest BCUT2D eigenvalue weighted by Crippen LogP contribution is -2.07. The Balaban J connectivity index is 1.99. The molecule has 0 amide bonds. The second kappa shape index (κ2) is 7.16. The molecule has 1 aromatic carbocycles. The Labute approximate surface area is 121 Å². The van der Waals surface area contributed by atoms with E-state index in [2.05, 4.69) is 19.1 Å². The van der Waals surface area contributed by atoms with Crippen LogP contribution in [-0.2, 0) is 4.74 Å². The van der Waals surface area contributed by atoms with E-state index in [1.807, 2.05) is 13.0 Å². The monoisotopic (exact) mass is 282 g/mol. The van der Waals surface area contributed by atoms with Gasteiger partial charge in [-0.25, -0.2) is 0 Å². The van der Waals surface area contributed by atoms with Gasteiger partial charge in [-0.2, -0.15) is 0 Å². The van der Waals surface area contributed by atoms with Gasteiger partial charge < -0.3 is 9.47 Å². The zero-order valence-electron chi connectivity index (χ0n) is 11.8. The molecule has 2 nitrogen and oxygen atoms in total. The van der Waals surface area contributed by atoms with E-state index >= 15 is 0 Å². The van der Waals surface area contributed by atoms with Crippen LogP contribution in [0.15, 0.2) is 18.2 Å². The van der Waals surface area contributed by atoms with Crippen molar-refractivity contribution >= 4 is 11.6 Å². The maximum atomic E-state index is 6.56. The largest absolute Gasteiger partial charge is 0.494 e. The van der Waals surface area contributed by atoms with E-state index in [9.17, 15) is 0 Å². The van der Waals surface area contributed by atoms with E-state index in [-0.39, 0.29) is 5.38 Å². The second-order valence-electron chi connectivity index (χ2n) is 5.15. The van der Waals surface area contributed by atoms with Gasteiger partial charge >= 0.3 is 0 Å². The molecule has 1 aliphatic rings. The first-order valence-electron chi connectivity index (χ1n) is 7.19. The molecule has 0 spiro atoms. The molecule has 3 heteroatoms. The first-order valence-corrected chi connectivity index (χ1v) is 7.63. The first kappa shape index (κ1) is 14.7. The number of hydrogen-bond donors (Lipinski definition) is 0. The van der Waals surface area contributed by atoms with Crippen molar-refractivity contribution in [1.29, 1.82) is 0 Å². The lowest BCUT2D eigenvalue weighted by Gasteiger charge is -2.17. The van der Waals surface area contributed by atoms with Crippen molar-refractivity contribution in [3.05, 3.63) is 29.3 Å². The maximum Gasteiger partial charge on any atom is 0.123 e. The lowest BCUT2D eigenvalue weighted by atomic mass is 10.0. The van der Waals surface area contributed by atoms with Crippen LogP contribution in [0, 0.1) is 6.92 Å². The van der Waals surface area contributed by atoms with Crippen molar-refractivity contribution in [2.24, 2.45) is 0 Å². The third-order valence-corrected chi connectivity index (χ3v) is 4.02. The van der Waals surface area contributed by atoms with Gasteiger partial charge in [-0.1, -0.05) is 17.7 Å².